The van der Waals surface area contributed by atoms with Gasteiger partial charge in [0, 0.05) is 18.8 Å². The van der Waals surface area contributed by atoms with Crippen LogP contribution in [-0.4, -0.2) is 24.1 Å². The minimum Gasteiger partial charge on any atom is -0.460 e. The van der Waals surface area contributed by atoms with Gasteiger partial charge in [0.25, 0.3) is 0 Å². The summed E-state index contributed by atoms with van der Waals surface area (Å²) in [6.07, 6.45) is 14.6. The molecule has 4 heteroatoms. The molecule has 0 radical (unpaired) electrons. The van der Waals surface area contributed by atoms with Gasteiger partial charge in [-0.2, -0.15) is 0 Å². The SMILES string of the molecule is CCCCC(CC)CCC[C@H]1CCC(=O)[C@@H]1CCCCCC(=O)C(=O)OCC. The van der Waals surface area contributed by atoms with Crippen molar-refractivity contribution in [2.45, 2.75) is 111 Å². The van der Waals surface area contributed by atoms with Crippen molar-refractivity contribution >= 4 is 17.5 Å². The van der Waals surface area contributed by atoms with Gasteiger partial charge in [0.1, 0.15) is 5.78 Å². The van der Waals surface area contributed by atoms with Crippen LogP contribution in [0.3, 0.4) is 0 Å². The number of carbonyl (C=O) groups excluding carboxylic acids is 3. The van der Waals surface area contributed by atoms with E-state index in [1.165, 1.54) is 44.9 Å². The van der Waals surface area contributed by atoms with Crippen LogP contribution < -0.4 is 0 Å². The van der Waals surface area contributed by atoms with Gasteiger partial charge in [-0.05, 0) is 44.4 Å². The zero-order chi connectivity index (χ0) is 20.8. The number of hydrogen-bond donors (Lipinski definition) is 0. The summed E-state index contributed by atoms with van der Waals surface area (Å²) in [5, 5.41) is 0. The molecule has 0 amide bonds. The quantitative estimate of drug-likeness (QED) is 0.182. The molecule has 3 atom stereocenters. The third-order valence-electron chi connectivity index (χ3n) is 6.40. The van der Waals surface area contributed by atoms with E-state index in [4.69, 9.17) is 4.74 Å². The first-order valence-electron chi connectivity index (χ1n) is 11.8. The molecule has 4 nitrogen and oxygen atoms in total. The molecule has 1 saturated carbocycles. The number of ketones is 2. The van der Waals surface area contributed by atoms with Crippen LogP contribution in [-0.2, 0) is 19.1 Å². The highest BCUT2D eigenvalue weighted by Crippen LogP contribution is 2.36. The van der Waals surface area contributed by atoms with Crippen molar-refractivity contribution < 1.29 is 19.1 Å². The molecule has 0 aliphatic heterocycles. The van der Waals surface area contributed by atoms with Crippen molar-refractivity contribution in [2.24, 2.45) is 17.8 Å². The summed E-state index contributed by atoms with van der Waals surface area (Å²) < 4.78 is 4.72. The van der Waals surface area contributed by atoms with E-state index in [0.717, 1.165) is 38.0 Å². The van der Waals surface area contributed by atoms with E-state index in [1.807, 2.05) is 0 Å². The second-order valence-electron chi connectivity index (χ2n) is 8.46. The van der Waals surface area contributed by atoms with Crippen LogP contribution in [0.4, 0.5) is 0 Å². The van der Waals surface area contributed by atoms with Gasteiger partial charge in [-0.25, -0.2) is 4.79 Å². The largest absolute Gasteiger partial charge is 0.460 e. The maximum Gasteiger partial charge on any atom is 0.374 e. The van der Waals surface area contributed by atoms with Gasteiger partial charge in [-0.1, -0.05) is 65.2 Å². The Morgan fingerprint density at radius 2 is 1.75 bits per heavy atom. The van der Waals surface area contributed by atoms with E-state index in [2.05, 4.69) is 13.8 Å². The predicted octanol–water partition coefficient (Wildman–Crippen LogP) is 6.05. The standard InChI is InChI=1S/C24H42O4/c1-4-7-12-19(5-2)13-11-14-20-17-18-22(25)21(20)15-9-8-10-16-23(26)24(27)28-6-3/h19-21H,4-18H2,1-3H3/t19?,20-,21+/m0/s1. The van der Waals surface area contributed by atoms with Crippen molar-refractivity contribution in [1.82, 2.24) is 0 Å². The maximum atomic E-state index is 12.3. The molecule has 1 fully saturated rings. The van der Waals surface area contributed by atoms with Crippen LogP contribution >= 0.6 is 0 Å². The number of unbranched alkanes of at least 4 members (excludes halogenated alkanes) is 3. The Morgan fingerprint density at radius 1 is 1.00 bits per heavy atom. The van der Waals surface area contributed by atoms with E-state index in [0.29, 0.717) is 18.1 Å². The van der Waals surface area contributed by atoms with E-state index in [1.54, 1.807) is 6.92 Å². The number of Topliss-reactive ketones (excluding diaryl/α,β-unsaturated/α-hetero) is 2. The summed E-state index contributed by atoms with van der Waals surface area (Å²) in [6.45, 7) is 6.50. The molecule has 1 rings (SSSR count). The van der Waals surface area contributed by atoms with Crippen LogP contribution in [0.2, 0.25) is 0 Å². The van der Waals surface area contributed by atoms with Gasteiger partial charge in [-0.3, -0.25) is 9.59 Å². The molecule has 162 valence electrons. The molecule has 0 bridgehead atoms. The molecule has 0 aromatic heterocycles. The van der Waals surface area contributed by atoms with E-state index in [9.17, 15) is 14.4 Å². The maximum absolute atomic E-state index is 12.3. The first kappa shape index (κ1) is 24.8. The summed E-state index contributed by atoms with van der Waals surface area (Å²) in [7, 11) is 0. The number of rotatable bonds is 16. The smallest absolute Gasteiger partial charge is 0.374 e. The molecule has 1 unspecified atom stereocenters. The van der Waals surface area contributed by atoms with Crippen molar-refractivity contribution in [3.8, 4) is 0 Å². The molecule has 0 aromatic rings. The summed E-state index contributed by atoms with van der Waals surface area (Å²) >= 11 is 0. The molecule has 0 N–H and O–H groups in total. The Kier molecular flexibility index (Phi) is 13.1. The lowest BCUT2D eigenvalue weighted by atomic mass is 9.84. The fraction of sp³-hybridized carbons (Fsp3) is 0.875. The molecule has 1 aliphatic rings. The summed E-state index contributed by atoms with van der Waals surface area (Å²) in [4.78, 5) is 35.2. The van der Waals surface area contributed by atoms with Crippen molar-refractivity contribution in [3.05, 3.63) is 0 Å². The third kappa shape index (κ3) is 9.34. The third-order valence-corrected chi connectivity index (χ3v) is 6.40. The molecule has 0 spiro atoms. The van der Waals surface area contributed by atoms with Gasteiger partial charge in [0.2, 0.25) is 5.78 Å². The van der Waals surface area contributed by atoms with Gasteiger partial charge in [-0.15, -0.1) is 0 Å². The highest BCUT2D eigenvalue weighted by atomic mass is 16.5. The fourth-order valence-corrected chi connectivity index (χ4v) is 4.57. The zero-order valence-electron chi connectivity index (χ0n) is 18.5. The highest BCUT2D eigenvalue weighted by Gasteiger charge is 2.33. The van der Waals surface area contributed by atoms with Gasteiger partial charge in [0.15, 0.2) is 0 Å². The van der Waals surface area contributed by atoms with Crippen LogP contribution in [0.25, 0.3) is 0 Å². The molecular weight excluding hydrogens is 352 g/mol. The fourth-order valence-electron chi connectivity index (χ4n) is 4.57. The summed E-state index contributed by atoms with van der Waals surface area (Å²) in [5.41, 5.74) is 0. The van der Waals surface area contributed by atoms with Crippen molar-refractivity contribution in [3.63, 3.8) is 0 Å². The molecule has 28 heavy (non-hydrogen) atoms. The van der Waals surface area contributed by atoms with Crippen molar-refractivity contribution in [1.29, 1.82) is 0 Å². The monoisotopic (exact) mass is 394 g/mol. The lowest BCUT2D eigenvalue weighted by molar-refractivity contribution is -0.153. The Bertz CT molecular complexity index is 471. The zero-order valence-corrected chi connectivity index (χ0v) is 18.5. The minimum atomic E-state index is -0.710. The number of esters is 1. The van der Waals surface area contributed by atoms with E-state index >= 15 is 0 Å². The predicted molar refractivity (Wildman–Crippen MR) is 113 cm³/mol. The molecule has 0 heterocycles. The van der Waals surface area contributed by atoms with Crippen LogP contribution in [0, 0.1) is 17.8 Å². The molecular formula is C24H42O4. The lowest BCUT2D eigenvalue weighted by Gasteiger charge is -2.20. The lowest BCUT2D eigenvalue weighted by Crippen LogP contribution is -2.17. The van der Waals surface area contributed by atoms with E-state index < -0.39 is 11.8 Å². The van der Waals surface area contributed by atoms with Gasteiger partial charge >= 0.3 is 5.97 Å². The molecule has 1 aliphatic carbocycles. The van der Waals surface area contributed by atoms with Crippen LogP contribution in [0.1, 0.15) is 111 Å². The highest BCUT2D eigenvalue weighted by molar-refractivity contribution is 6.33. The average Bonchev–Trinajstić information content (AvgIpc) is 3.04. The topological polar surface area (TPSA) is 60.4 Å². The van der Waals surface area contributed by atoms with Crippen LogP contribution in [0.15, 0.2) is 0 Å². The first-order valence-corrected chi connectivity index (χ1v) is 11.8. The Hall–Kier alpha value is -1.19. The number of ether oxygens (including phenoxy) is 1. The van der Waals surface area contributed by atoms with Crippen molar-refractivity contribution in [2.75, 3.05) is 6.61 Å². The Balaban J connectivity index is 2.24. The normalized spacial score (nSPS) is 20.3. The summed E-state index contributed by atoms with van der Waals surface area (Å²) in [6, 6.07) is 0. The Morgan fingerprint density at radius 3 is 2.43 bits per heavy atom. The second-order valence-corrected chi connectivity index (χ2v) is 8.46. The van der Waals surface area contributed by atoms with Crippen LogP contribution in [0.5, 0.6) is 0 Å². The average molecular weight is 395 g/mol. The van der Waals surface area contributed by atoms with Gasteiger partial charge < -0.3 is 4.74 Å². The number of hydrogen-bond acceptors (Lipinski definition) is 4. The Labute approximate surface area is 172 Å². The summed E-state index contributed by atoms with van der Waals surface area (Å²) in [5.74, 6) is 0.968. The molecule has 0 aromatic carbocycles. The first-order chi connectivity index (χ1) is 13.5. The minimum absolute atomic E-state index is 0.233. The van der Waals surface area contributed by atoms with Gasteiger partial charge in [0.05, 0.1) is 6.61 Å². The molecule has 0 saturated heterocycles. The number of carbonyl (C=O) groups is 3. The second kappa shape index (κ2) is 14.8. The van der Waals surface area contributed by atoms with E-state index in [-0.39, 0.29) is 18.9 Å².